The molecule has 0 aliphatic rings. The second kappa shape index (κ2) is 16.7. The van der Waals surface area contributed by atoms with Gasteiger partial charge in [0.15, 0.2) is 0 Å². The average Bonchev–Trinajstić information content (AvgIpc) is 2.54. The predicted molar refractivity (Wildman–Crippen MR) is 112 cm³/mol. The number of hydrogen-bond donors (Lipinski definition) is 0. The van der Waals surface area contributed by atoms with Gasteiger partial charge in [0.1, 0.15) is 0 Å². The molecule has 4 heteroatoms. The molecule has 0 aromatic carbocycles. The van der Waals surface area contributed by atoms with E-state index in [1.54, 1.807) is 0 Å². The lowest BCUT2D eigenvalue weighted by Gasteiger charge is -2.20. The molecule has 0 aromatic rings. The van der Waals surface area contributed by atoms with Crippen molar-refractivity contribution in [2.75, 3.05) is 19.4 Å². The smallest absolute Gasteiger partial charge is 0.271 e. The van der Waals surface area contributed by atoms with Gasteiger partial charge in [-0.05, 0) is 78.1 Å². The van der Waals surface area contributed by atoms with Crippen LogP contribution in [0.5, 0.6) is 0 Å². The summed E-state index contributed by atoms with van der Waals surface area (Å²) in [7, 11) is 3.34. The van der Waals surface area contributed by atoms with Gasteiger partial charge in [0.05, 0.1) is 23.5 Å². The van der Waals surface area contributed by atoms with Crippen LogP contribution in [-0.2, 0) is 14.2 Å². The van der Waals surface area contributed by atoms with Crippen LogP contribution in [0.1, 0.15) is 80.1 Å². The van der Waals surface area contributed by atoms with Crippen LogP contribution in [-0.4, -0.2) is 36.2 Å². The van der Waals surface area contributed by atoms with Gasteiger partial charge in [-0.1, -0.05) is 37.1 Å². The summed E-state index contributed by atoms with van der Waals surface area (Å²) in [5, 5.41) is 0. The van der Waals surface area contributed by atoms with E-state index in [0.717, 1.165) is 25.7 Å². The first-order chi connectivity index (χ1) is 12.3. The minimum absolute atomic E-state index is 0.414. The highest BCUT2D eigenvalue weighted by molar-refractivity contribution is 6.08. The van der Waals surface area contributed by atoms with Gasteiger partial charge < -0.3 is 14.2 Å². The number of hydrogen-bond acceptors (Lipinski definition) is 3. The highest BCUT2D eigenvalue weighted by Gasteiger charge is 2.11. The maximum Gasteiger partial charge on any atom is 0.271 e. The van der Waals surface area contributed by atoms with E-state index in [1.165, 1.54) is 24.0 Å². The normalized spacial score (nSPS) is 14.6. The van der Waals surface area contributed by atoms with Crippen molar-refractivity contribution in [2.24, 2.45) is 11.8 Å². The summed E-state index contributed by atoms with van der Waals surface area (Å²) in [4.78, 5) is 0. The summed E-state index contributed by atoms with van der Waals surface area (Å²) in [5.41, 5.74) is 2.78. The van der Waals surface area contributed by atoms with Gasteiger partial charge in [-0.3, -0.25) is 0 Å². The largest absolute Gasteiger partial charge is 0.334 e. The minimum atomic E-state index is -0.567. The molecule has 2 unspecified atom stereocenters. The predicted octanol–water partition coefficient (Wildman–Crippen LogP) is 5.99. The monoisotopic (exact) mass is 381 g/mol. The van der Waals surface area contributed by atoms with E-state index in [1.807, 2.05) is 0 Å². The Bertz CT molecular complexity index is 351. The zero-order valence-electron chi connectivity index (χ0n) is 18.0. The van der Waals surface area contributed by atoms with Crippen LogP contribution in [0.25, 0.3) is 0 Å². The fourth-order valence-electron chi connectivity index (χ4n) is 2.55. The van der Waals surface area contributed by atoms with E-state index >= 15 is 0 Å². The van der Waals surface area contributed by atoms with Crippen molar-refractivity contribution in [3.05, 3.63) is 23.3 Å². The number of rotatable bonds is 16. The van der Waals surface area contributed by atoms with Crippen molar-refractivity contribution in [1.82, 2.24) is 0 Å². The van der Waals surface area contributed by atoms with Gasteiger partial charge in [-0.2, -0.15) is 0 Å². The van der Waals surface area contributed by atoms with Crippen LogP contribution in [0.3, 0.4) is 0 Å². The third kappa shape index (κ3) is 17.0. The lowest BCUT2D eigenvalue weighted by molar-refractivity contribution is -0.282. The molecule has 0 aliphatic carbocycles. The Hall–Kier alpha value is -0.423. The molecule has 0 fully saturated rings. The van der Waals surface area contributed by atoms with E-state index in [4.69, 9.17) is 14.2 Å². The standard InChI is InChI=1S/C22H41O3Si/c1-18(2)9-7-11-20(5)13-15-23-22(25-17-26)24-16-14-21(6)12-8-10-19(3)4/h9-10,20-22H,7-8,11-17H2,1-6H3. The van der Waals surface area contributed by atoms with Crippen molar-refractivity contribution < 1.29 is 14.2 Å². The molecule has 0 amide bonds. The van der Waals surface area contributed by atoms with Crippen LogP contribution in [0.2, 0.25) is 0 Å². The van der Waals surface area contributed by atoms with Crippen molar-refractivity contribution >= 4 is 10.2 Å². The summed E-state index contributed by atoms with van der Waals surface area (Å²) in [6.07, 6.45) is 11.8. The Labute approximate surface area is 166 Å². The molecule has 0 saturated carbocycles. The molecule has 0 aliphatic heterocycles. The average molecular weight is 382 g/mol. The molecule has 3 radical (unpaired) electrons. The van der Waals surface area contributed by atoms with Gasteiger partial charge in [0.2, 0.25) is 0 Å². The molecule has 3 nitrogen and oxygen atoms in total. The number of ether oxygens (including phenoxy) is 3. The van der Waals surface area contributed by atoms with Crippen molar-refractivity contribution in [3.63, 3.8) is 0 Å². The molecule has 0 spiro atoms. The second-order valence-corrected chi connectivity index (χ2v) is 8.14. The van der Waals surface area contributed by atoms with Crippen LogP contribution in [0.15, 0.2) is 23.3 Å². The SMILES string of the molecule is CC(C)=CCCC(C)CCOC(OC[Si])OCCC(C)CCC=C(C)C. The fraction of sp³-hybridized carbons (Fsp3) is 0.818. The van der Waals surface area contributed by atoms with Gasteiger partial charge in [-0.15, -0.1) is 0 Å². The van der Waals surface area contributed by atoms with E-state index in [0.29, 0.717) is 31.3 Å². The second-order valence-electron chi connectivity index (χ2n) is 7.85. The molecular weight excluding hydrogens is 340 g/mol. The Morgan fingerprint density at radius 1 is 0.731 bits per heavy atom. The van der Waals surface area contributed by atoms with Gasteiger partial charge in [-0.25, -0.2) is 0 Å². The molecule has 2 atom stereocenters. The van der Waals surface area contributed by atoms with E-state index in [2.05, 4.69) is 63.9 Å². The highest BCUT2D eigenvalue weighted by Crippen LogP contribution is 2.14. The molecular formula is C22H41O3Si. The van der Waals surface area contributed by atoms with E-state index < -0.39 is 6.48 Å². The van der Waals surface area contributed by atoms with Crippen molar-refractivity contribution in [3.8, 4) is 0 Å². The maximum absolute atomic E-state index is 5.77. The number of allylic oxidation sites excluding steroid dienone is 4. The summed E-state index contributed by atoms with van der Waals surface area (Å²) in [5.74, 6) is 1.29. The van der Waals surface area contributed by atoms with Crippen molar-refractivity contribution in [2.45, 2.75) is 86.5 Å². The lowest BCUT2D eigenvalue weighted by atomic mass is 10.0. The lowest BCUT2D eigenvalue weighted by Crippen LogP contribution is -2.24. The fourth-order valence-corrected chi connectivity index (χ4v) is 2.68. The Morgan fingerprint density at radius 2 is 1.15 bits per heavy atom. The third-order valence-corrected chi connectivity index (χ3v) is 4.54. The molecule has 0 saturated heterocycles. The van der Waals surface area contributed by atoms with E-state index in [-0.39, 0.29) is 0 Å². The summed E-state index contributed by atoms with van der Waals surface area (Å²) in [6.45, 7) is 13.9. The molecule has 0 rings (SSSR count). The quantitative estimate of drug-likeness (QED) is 0.187. The van der Waals surface area contributed by atoms with Gasteiger partial charge in [0, 0.05) is 6.23 Å². The van der Waals surface area contributed by atoms with E-state index in [9.17, 15) is 0 Å². The minimum Gasteiger partial charge on any atom is -0.334 e. The highest BCUT2D eigenvalue weighted by atomic mass is 28.1. The molecule has 0 aromatic heterocycles. The van der Waals surface area contributed by atoms with Crippen LogP contribution in [0.4, 0.5) is 0 Å². The maximum atomic E-state index is 5.77. The molecule has 0 N–H and O–H groups in total. The molecule has 151 valence electrons. The molecule has 26 heavy (non-hydrogen) atoms. The first-order valence-corrected chi connectivity index (χ1v) is 10.8. The third-order valence-electron chi connectivity index (χ3n) is 4.37. The van der Waals surface area contributed by atoms with Crippen molar-refractivity contribution in [1.29, 1.82) is 0 Å². The van der Waals surface area contributed by atoms with Gasteiger partial charge >= 0.3 is 0 Å². The Kier molecular flexibility index (Phi) is 16.5. The Balaban J connectivity index is 3.91. The first kappa shape index (κ1) is 25.6. The summed E-state index contributed by atoms with van der Waals surface area (Å²) in [6, 6.07) is 0. The zero-order chi connectivity index (χ0) is 19.8. The summed E-state index contributed by atoms with van der Waals surface area (Å²) < 4.78 is 17.0. The topological polar surface area (TPSA) is 27.7 Å². The zero-order valence-corrected chi connectivity index (χ0v) is 19.0. The van der Waals surface area contributed by atoms with Gasteiger partial charge in [0.25, 0.3) is 6.48 Å². The van der Waals surface area contributed by atoms with Crippen LogP contribution >= 0.6 is 0 Å². The van der Waals surface area contributed by atoms with Crippen LogP contribution in [0, 0.1) is 11.8 Å². The van der Waals surface area contributed by atoms with Crippen LogP contribution < -0.4 is 0 Å². The Morgan fingerprint density at radius 3 is 1.50 bits per heavy atom. The molecule has 0 bridgehead atoms. The summed E-state index contributed by atoms with van der Waals surface area (Å²) >= 11 is 0. The molecule has 0 heterocycles. The first-order valence-electron chi connectivity index (χ1n) is 10.1.